The summed E-state index contributed by atoms with van der Waals surface area (Å²) in [5, 5.41) is 14.0. The molecule has 0 unspecified atom stereocenters. The lowest BCUT2D eigenvalue weighted by molar-refractivity contribution is 0.262. The minimum atomic E-state index is -0.294. The number of amides is 2. The molecule has 0 atom stereocenters. The number of aromatic nitrogens is 3. The summed E-state index contributed by atoms with van der Waals surface area (Å²) in [4.78, 5) is 16.5. The molecule has 28 heavy (non-hydrogen) atoms. The number of benzene rings is 2. The number of nitrogens with zero attached hydrogens (tertiary/aromatic N) is 2. The third-order valence-corrected chi connectivity index (χ3v) is 4.26. The maximum atomic E-state index is 12.2. The zero-order valence-corrected chi connectivity index (χ0v) is 15.3. The van der Waals surface area contributed by atoms with Crippen molar-refractivity contribution >= 4 is 40.5 Å². The molecule has 2 aromatic carbocycles. The first-order valence-electron chi connectivity index (χ1n) is 8.89. The molecule has 6 heteroatoms. The van der Waals surface area contributed by atoms with Crippen molar-refractivity contribution in [3.05, 3.63) is 83.8 Å². The SMILES string of the molecule is Cc1ccc(NC(=O)Nc2ccc3c(/C=C/c4ccccn4)n[nH]c3c2)cc1. The van der Waals surface area contributed by atoms with Gasteiger partial charge >= 0.3 is 6.03 Å². The smallest absolute Gasteiger partial charge is 0.308 e. The van der Waals surface area contributed by atoms with Gasteiger partial charge in [-0.2, -0.15) is 5.10 Å². The Kier molecular flexibility index (Phi) is 4.84. The van der Waals surface area contributed by atoms with Gasteiger partial charge in [0, 0.05) is 23.0 Å². The zero-order valence-electron chi connectivity index (χ0n) is 15.3. The van der Waals surface area contributed by atoms with E-state index in [0.29, 0.717) is 5.69 Å². The highest BCUT2D eigenvalue weighted by Crippen LogP contribution is 2.22. The number of pyridine rings is 1. The van der Waals surface area contributed by atoms with Crippen LogP contribution in [0.3, 0.4) is 0 Å². The van der Waals surface area contributed by atoms with Gasteiger partial charge in [0.05, 0.1) is 16.9 Å². The van der Waals surface area contributed by atoms with Crippen LogP contribution in [-0.4, -0.2) is 21.2 Å². The lowest BCUT2D eigenvalue weighted by Gasteiger charge is -2.08. The van der Waals surface area contributed by atoms with Crippen LogP contribution in [-0.2, 0) is 0 Å². The van der Waals surface area contributed by atoms with E-state index in [2.05, 4.69) is 25.8 Å². The predicted octanol–water partition coefficient (Wildman–Crippen LogP) is 5.08. The van der Waals surface area contributed by atoms with Gasteiger partial charge < -0.3 is 10.6 Å². The quantitative estimate of drug-likeness (QED) is 0.469. The number of aromatic amines is 1. The molecule has 2 amide bonds. The van der Waals surface area contributed by atoms with Gasteiger partial charge in [0.25, 0.3) is 0 Å². The van der Waals surface area contributed by atoms with E-state index in [4.69, 9.17) is 0 Å². The fourth-order valence-electron chi connectivity index (χ4n) is 2.81. The van der Waals surface area contributed by atoms with Gasteiger partial charge in [-0.25, -0.2) is 4.79 Å². The normalized spacial score (nSPS) is 11.0. The number of anilines is 2. The van der Waals surface area contributed by atoms with Crippen molar-refractivity contribution in [2.75, 3.05) is 10.6 Å². The summed E-state index contributed by atoms with van der Waals surface area (Å²) in [6.07, 6.45) is 5.58. The van der Waals surface area contributed by atoms with Crippen molar-refractivity contribution < 1.29 is 4.79 Å². The molecule has 0 bridgehead atoms. The molecule has 0 spiro atoms. The number of hydrogen-bond acceptors (Lipinski definition) is 3. The van der Waals surface area contributed by atoms with Crippen molar-refractivity contribution in [2.24, 2.45) is 0 Å². The monoisotopic (exact) mass is 369 g/mol. The topological polar surface area (TPSA) is 82.7 Å². The van der Waals surface area contributed by atoms with E-state index in [-0.39, 0.29) is 6.03 Å². The maximum Gasteiger partial charge on any atom is 0.323 e. The number of carbonyl (C=O) groups is 1. The fourth-order valence-corrected chi connectivity index (χ4v) is 2.81. The third kappa shape index (κ3) is 4.07. The van der Waals surface area contributed by atoms with Crippen molar-refractivity contribution in [1.29, 1.82) is 0 Å². The molecule has 0 radical (unpaired) electrons. The average molecular weight is 369 g/mol. The zero-order chi connectivity index (χ0) is 19.3. The van der Waals surface area contributed by atoms with Crippen LogP contribution in [0.4, 0.5) is 16.2 Å². The molecule has 0 aliphatic carbocycles. The highest BCUT2D eigenvalue weighted by Gasteiger charge is 2.07. The summed E-state index contributed by atoms with van der Waals surface area (Å²) in [5.41, 5.74) is 5.09. The first kappa shape index (κ1) is 17.5. The molecular formula is C22H19N5O. The van der Waals surface area contributed by atoms with Crippen LogP contribution in [0, 0.1) is 6.92 Å². The molecule has 0 saturated heterocycles. The number of H-pyrrole nitrogens is 1. The Balaban J connectivity index is 1.47. The van der Waals surface area contributed by atoms with Crippen molar-refractivity contribution in [3.8, 4) is 0 Å². The standard InChI is InChI=1S/C22H19N5O/c1-15-5-7-17(8-6-15)24-22(28)25-18-9-11-19-20(26-27-21(19)14-18)12-10-16-4-2-3-13-23-16/h2-14H,1H3,(H,26,27)(H2,24,25,28)/b12-10+. The van der Waals surface area contributed by atoms with Crippen LogP contribution >= 0.6 is 0 Å². The maximum absolute atomic E-state index is 12.2. The molecule has 3 N–H and O–H groups in total. The molecule has 0 fully saturated rings. The summed E-state index contributed by atoms with van der Waals surface area (Å²) in [6.45, 7) is 2.00. The second kappa shape index (κ2) is 7.75. The van der Waals surface area contributed by atoms with Crippen LogP contribution in [0.15, 0.2) is 66.9 Å². The highest BCUT2D eigenvalue weighted by atomic mass is 16.2. The van der Waals surface area contributed by atoms with E-state index in [1.807, 2.05) is 79.7 Å². The minimum absolute atomic E-state index is 0.294. The van der Waals surface area contributed by atoms with E-state index in [0.717, 1.165) is 33.5 Å². The van der Waals surface area contributed by atoms with Gasteiger partial charge in [0.2, 0.25) is 0 Å². The summed E-state index contributed by atoms with van der Waals surface area (Å²) in [7, 11) is 0. The highest BCUT2D eigenvalue weighted by molar-refractivity contribution is 6.01. The van der Waals surface area contributed by atoms with E-state index in [9.17, 15) is 4.79 Å². The van der Waals surface area contributed by atoms with Gasteiger partial charge in [-0.15, -0.1) is 0 Å². The van der Waals surface area contributed by atoms with Crippen molar-refractivity contribution in [3.63, 3.8) is 0 Å². The first-order chi connectivity index (χ1) is 13.7. The third-order valence-electron chi connectivity index (χ3n) is 4.26. The number of fused-ring (bicyclic) bond motifs is 1. The fraction of sp³-hybridized carbons (Fsp3) is 0.0455. The van der Waals surface area contributed by atoms with Gasteiger partial charge in [0.15, 0.2) is 0 Å². The summed E-state index contributed by atoms with van der Waals surface area (Å²) < 4.78 is 0. The molecule has 2 aromatic heterocycles. The lowest BCUT2D eigenvalue weighted by Crippen LogP contribution is -2.19. The Morgan fingerprint density at radius 1 is 0.964 bits per heavy atom. The Hall–Kier alpha value is -3.93. The number of carbonyl (C=O) groups excluding carboxylic acids is 1. The number of nitrogens with one attached hydrogen (secondary N) is 3. The predicted molar refractivity (Wildman–Crippen MR) is 113 cm³/mol. The van der Waals surface area contributed by atoms with Crippen LogP contribution in [0.5, 0.6) is 0 Å². The largest absolute Gasteiger partial charge is 0.323 e. The Bertz CT molecular complexity index is 1130. The van der Waals surface area contributed by atoms with E-state index >= 15 is 0 Å². The molecule has 2 heterocycles. The van der Waals surface area contributed by atoms with Gasteiger partial charge in [0.1, 0.15) is 0 Å². The second-order valence-corrected chi connectivity index (χ2v) is 6.40. The Labute approximate surface area is 162 Å². The molecule has 0 aliphatic heterocycles. The van der Waals surface area contributed by atoms with E-state index < -0.39 is 0 Å². The first-order valence-corrected chi connectivity index (χ1v) is 8.89. The van der Waals surface area contributed by atoms with Crippen LogP contribution in [0.25, 0.3) is 23.1 Å². The van der Waals surface area contributed by atoms with Crippen LogP contribution in [0.2, 0.25) is 0 Å². The Morgan fingerprint density at radius 2 is 1.75 bits per heavy atom. The van der Waals surface area contributed by atoms with Gasteiger partial charge in [-0.1, -0.05) is 23.8 Å². The summed E-state index contributed by atoms with van der Waals surface area (Å²) in [5.74, 6) is 0. The van der Waals surface area contributed by atoms with Gasteiger partial charge in [-0.05, 0) is 61.5 Å². The Morgan fingerprint density at radius 3 is 2.54 bits per heavy atom. The molecule has 0 aliphatic rings. The number of aryl methyl sites for hydroxylation is 1. The summed E-state index contributed by atoms with van der Waals surface area (Å²) >= 11 is 0. The average Bonchev–Trinajstić information content (AvgIpc) is 3.11. The van der Waals surface area contributed by atoms with Crippen molar-refractivity contribution in [1.82, 2.24) is 15.2 Å². The minimum Gasteiger partial charge on any atom is -0.308 e. The summed E-state index contributed by atoms with van der Waals surface area (Å²) in [6, 6.07) is 18.7. The van der Waals surface area contributed by atoms with E-state index in [1.165, 1.54) is 0 Å². The lowest BCUT2D eigenvalue weighted by atomic mass is 10.1. The molecule has 0 saturated carbocycles. The van der Waals surface area contributed by atoms with Crippen LogP contribution < -0.4 is 10.6 Å². The number of hydrogen-bond donors (Lipinski definition) is 3. The van der Waals surface area contributed by atoms with Gasteiger partial charge in [-0.3, -0.25) is 10.1 Å². The molecule has 4 rings (SSSR count). The number of urea groups is 1. The molecular weight excluding hydrogens is 350 g/mol. The molecule has 6 nitrogen and oxygen atoms in total. The number of rotatable bonds is 4. The second-order valence-electron chi connectivity index (χ2n) is 6.40. The van der Waals surface area contributed by atoms with Crippen molar-refractivity contribution in [2.45, 2.75) is 6.92 Å². The molecule has 4 aromatic rings. The van der Waals surface area contributed by atoms with Crippen LogP contribution in [0.1, 0.15) is 17.0 Å². The van der Waals surface area contributed by atoms with E-state index in [1.54, 1.807) is 6.20 Å². The molecule has 138 valence electrons.